The van der Waals surface area contributed by atoms with Gasteiger partial charge in [0.15, 0.2) is 0 Å². The Kier molecular flexibility index (Phi) is 3.92. The van der Waals surface area contributed by atoms with E-state index >= 15 is 0 Å². The van der Waals surface area contributed by atoms with Gasteiger partial charge < -0.3 is 10.1 Å². The molecule has 4 heteroatoms. The Hall–Kier alpha value is -0.450. The predicted molar refractivity (Wildman–Crippen MR) is 78.6 cm³/mol. The molecule has 1 atom stereocenters. The fraction of sp³-hybridized carbons (Fsp3) is 0.800. The molecule has 1 saturated carbocycles. The lowest BCUT2D eigenvalue weighted by Gasteiger charge is -2.38. The number of ether oxygens (including phenoxy) is 1. The van der Waals surface area contributed by atoms with E-state index in [0.717, 1.165) is 25.8 Å². The Morgan fingerprint density at radius 3 is 2.89 bits per heavy atom. The summed E-state index contributed by atoms with van der Waals surface area (Å²) in [5, 5.41) is 4.91. The van der Waals surface area contributed by atoms with Gasteiger partial charge in [-0.1, -0.05) is 6.92 Å². The molecule has 0 aliphatic heterocycles. The largest absolute Gasteiger partial charge is 0.371 e. The molecule has 2 aliphatic rings. The number of aryl methyl sites for hydroxylation is 1. The van der Waals surface area contributed by atoms with E-state index in [1.807, 2.05) is 18.4 Å². The summed E-state index contributed by atoms with van der Waals surface area (Å²) in [6.45, 7) is 3.33. The second kappa shape index (κ2) is 5.51. The maximum atomic E-state index is 5.78. The third-order valence-corrected chi connectivity index (χ3v) is 5.93. The van der Waals surface area contributed by atoms with Gasteiger partial charge in [0.05, 0.1) is 5.69 Å². The zero-order chi connectivity index (χ0) is 13.3. The number of nitrogens with one attached hydrogen (secondary N) is 1. The summed E-state index contributed by atoms with van der Waals surface area (Å²) in [4.78, 5) is 6.41. The van der Waals surface area contributed by atoms with Crippen molar-refractivity contribution in [2.24, 2.45) is 0 Å². The summed E-state index contributed by atoms with van der Waals surface area (Å²) < 4.78 is 5.78. The maximum absolute atomic E-state index is 5.78. The summed E-state index contributed by atoms with van der Waals surface area (Å²) >= 11 is 1.90. The fourth-order valence-corrected chi connectivity index (χ4v) is 4.58. The van der Waals surface area contributed by atoms with Gasteiger partial charge in [0.1, 0.15) is 10.6 Å². The quantitative estimate of drug-likeness (QED) is 0.895. The summed E-state index contributed by atoms with van der Waals surface area (Å²) in [6.07, 6.45) is 8.42. The molecule has 1 aromatic rings. The number of fused-ring (bicyclic) bond motifs is 1. The molecule has 3 nitrogen and oxygen atoms in total. The zero-order valence-electron chi connectivity index (χ0n) is 12.0. The molecule has 0 saturated heterocycles. The van der Waals surface area contributed by atoms with E-state index in [2.05, 4.69) is 12.2 Å². The zero-order valence-corrected chi connectivity index (χ0v) is 12.8. The minimum absolute atomic E-state index is 0.0443. The minimum Gasteiger partial charge on any atom is -0.371 e. The van der Waals surface area contributed by atoms with Crippen molar-refractivity contribution in [2.45, 2.75) is 63.5 Å². The number of thiazole rings is 1. The van der Waals surface area contributed by atoms with Crippen LogP contribution in [-0.4, -0.2) is 18.6 Å². The van der Waals surface area contributed by atoms with Gasteiger partial charge in [-0.25, -0.2) is 4.98 Å². The van der Waals surface area contributed by atoms with E-state index in [0.29, 0.717) is 6.04 Å². The van der Waals surface area contributed by atoms with Crippen LogP contribution in [0.15, 0.2) is 0 Å². The molecule has 1 unspecified atom stereocenters. The van der Waals surface area contributed by atoms with E-state index in [1.165, 1.54) is 41.3 Å². The predicted octanol–water partition coefficient (Wildman–Crippen LogP) is 3.55. The lowest BCUT2D eigenvalue weighted by molar-refractivity contribution is -0.0780. The van der Waals surface area contributed by atoms with Crippen molar-refractivity contribution in [1.82, 2.24) is 10.3 Å². The standard InChI is InChI=1S/C15H24N2OS/c1-3-10-16-11-6-4-7-12-13(11)19-14(17-12)15(18-2)8-5-9-15/h11,16H,3-10H2,1-2H3. The molecule has 0 aromatic carbocycles. The fourth-order valence-electron chi connectivity index (χ4n) is 3.13. The Labute approximate surface area is 119 Å². The molecule has 19 heavy (non-hydrogen) atoms. The number of hydrogen-bond acceptors (Lipinski definition) is 4. The van der Waals surface area contributed by atoms with Crippen molar-refractivity contribution in [3.05, 3.63) is 15.6 Å². The first-order valence-electron chi connectivity index (χ1n) is 7.57. The second-order valence-electron chi connectivity index (χ2n) is 5.78. The molecular formula is C15H24N2OS. The maximum Gasteiger partial charge on any atom is 0.125 e. The van der Waals surface area contributed by atoms with Gasteiger partial charge in [-0.2, -0.15) is 0 Å². The number of rotatable bonds is 5. The van der Waals surface area contributed by atoms with Crippen LogP contribution in [0.4, 0.5) is 0 Å². The molecule has 1 heterocycles. The first kappa shape index (κ1) is 13.5. The van der Waals surface area contributed by atoms with E-state index in [9.17, 15) is 0 Å². The van der Waals surface area contributed by atoms with Gasteiger partial charge in [0, 0.05) is 18.0 Å². The van der Waals surface area contributed by atoms with Crippen LogP contribution < -0.4 is 5.32 Å². The molecule has 2 aliphatic carbocycles. The Balaban J connectivity index is 1.84. The molecule has 0 radical (unpaired) electrons. The molecule has 1 N–H and O–H groups in total. The summed E-state index contributed by atoms with van der Waals surface area (Å²) in [5.41, 5.74) is 1.29. The smallest absolute Gasteiger partial charge is 0.125 e. The Bertz CT molecular complexity index is 434. The van der Waals surface area contributed by atoms with Crippen molar-refractivity contribution in [3.63, 3.8) is 0 Å². The summed E-state index contributed by atoms with van der Waals surface area (Å²) in [6, 6.07) is 0.531. The van der Waals surface area contributed by atoms with E-state index < -0.39 is 0 Å². The third-order valence-electron chi connectivity index (χ3n) is 4.53. The first-order chi connectivity index (χ1) is 9.29. The lowest BCUT2D eigenvalue weighted by Crippen LogP contribution is -2.35. The number of aromatic nitrogens is 1. The second-order valence-corrected chi connectivity index (χ2v) is 6.81. The molecule has 3 rings (SSSR count). The van der Waals surface area contributed by atoms with Gasteiger partial charge in [0.2, 0.25) is 0 Å². The van der Waals surface area contributed by atoms with Gasteiger partial charge in [-0.05, 0) is 51.5 Å². The Morgan fingerprint density at radius 1 is 1.42 bits per heavy atom. The van der Waals surface area contributed by atoms with Crippen LogP contribution in [-0.2, 0) is 16.8 Å². The molecular weight excluding hydrogens is 256 g/mol. The molecule has 106 valence electrons. The van der Waals surface area contributed by atoms with Crippen LogP contribution in [0, 0.1) is 0 Å². The SMILES string of the molecule is CCCNC1CCCc2nc(C3(OC)CCC3)sc21. The van der Waals surface area contributed by atoms with Crippen molar-refractivity contribution in [1.29, 1.82) is 0 Å². The van der Waals surface area contributed by atoms with E-state index in [1.54, 1.807) is 0 Å². The number of nitrogens with zero attached hydrogens (tertiary/aromatic N) is 1. The van der Waals surface area contributed by atoms with E-state index in [4.69, 9.17) is 9.72 Å². The highest BCUT2D eigenvalue weighted by Crippen LogP contribution is 2.48. The monoisotopic (exact) mass is 280 g/mol. The average Bonchev–Trinajstić information content (AvgIpc) is 2.80. The van der Waals surface area contributed by atoms with Gasteiger partial charge in [-0.3, -0.25) is 0 Å². The highest BCUT2D eigenvalue weighted by atomic mass is 32.1. The van der Waals surface area contributed by atoms with Crippen molar-refractivity contribution < 1.29 is 4.74 Å². The average molecular weight is 280 g/mol. The Morgan fingerprint density at radius 2 is 2.26 bits per heavy atom. The van der Waals surface area contributed by atoms with Crippen LogP contribution >= 0.6 is 11.3 Å². The normalized spacial score (nSPS) is 24.8. The lowest BCUT2D eigenvalue weighted by atomic mass is 9.80. The summed E-state index contributed by atoms with van der Waals surface area (Å²) in [5.74, 6) is 0. The first-order valence-corrected chi connectivity index (χ1v) is 8.39. The molecule has 0 bridgehead atoms. The van der Waals surface area contributed by atoms with Crippen LogP contribution in [0.2, 0.25) is 0 Å². The van der Waals surface area contributed by atoms with Crippen molar-refractivity contribution in [3.8, 4) is 0 Å². The number of methoxy groups -OCH3 is 1. The highest BCUT2D eigenvalue weighted by molar-refractivity contribution is 7.12. The van der Waals surface area contributed by atoms with Gasteiger partial charge >= 0.3 is 0 Å². The molecule has 1 aromatic heterocycles. The van der Waals surface area contributed by atoms with E-state index in [-0.39, 0.29) is 5.60 Å². The topological polar surface area (TPSA) is 34.2 Å². The minimum atomic E-state index is -0.0443. The summed E-state index contributed by atoms with van der Waals surface area (Å²) in [7, 11) is 1.84. The third kappa shape index (κ3) is 2.34. The van der Waals surface area contributed by atoms with Crippen LogP contribution in [0.3, 0.4) is 0 Å². The van der Waals surface area contributed by atoms with Gasteiger partial charge in [-0.15, -0.1) is 11.3 Å². The molecule has 0 amide bonds. The van der Waals surface area contributed by atoms with Crippen LogP contribution in [0.1, 0.15) is 67.1 Å². The molecule has 0 spiro atoms. The van der Waals surface area contributed by atoms with Gasteiger partial charge in [0.25, 0.3) is 0 Å². The highest BCUT2D eigenvalue weighted by Gasteiger charge is 2.42. The molecule has 1 fully saturated rings. The van der Waals surface area contributed by atoms with Crippen LogP contribution in [0.5, 0.6) is 0 Å². The number of hydrogen-bond donors (Lipinski definition) is 1. The van der Waals surface area contributed by atoms with Crippen molar-refractivity contribution >= 4 is 11.3 Å². The van der Waals surface area contributed by atoms with Crippen LogP contribution in [0.25, 0.3) is 0 Å². The van der Waals surface area contributed by atoms with Crippen molar-refractivity contribution in [2.75, 3.05) is 13.7 Å².